The minimum absolute atomic E-state index is 0.409. The maximum Gasteiger partial charge on any atom is 0.166 e. The third-order valence-corrected chi connectivity index (χ3v) is 5.18. The lowest BCUT2D eigenvalue weighted by Gasteiger charge is -2.21. The molecule has 0 aliphatic heterocycles. The first-order valence-electron chi connectivity index (χ1n) is 8.08. The molecule has 0 amide bonds. The van der Waals surface area contributed by atoms with Crippen molar-refractivity contribution in [2.45, 2.75) is 12.5 Å². The smallest absolute Gasteiger partial charge is 0.166 e. The van der Waals surface area contributed by atoms with Crippen LogP contribution in [0.1, 0.15) is 16.5 Å². The lowest BCUT2D eigenvalue weighted by Crippen LogP contribution is -3.06. The van der Waals surface area contributed by atoms with Gasteiger partial charge in [0.05, 0.1) is 32.6 Å². The van der Waals surface area contributed by atoms with Crippen molar-refractivity contribution in [2.75, 3.05) is 34.3 Å². The van der Waals surface area contributed by atoms with Gasteiger partial charge in [0.15, 0.2) is 5.11 Å². The molecule has 3 N–H and O–H groups in total. The van der Waals surface area contributed by atoms with Gasteiger partial charge in [-0.3, -0.25) is 0 Å². The third kappa shape index (κ3) is 5.78. The van der Waals surface area contributed by atoms with Crippen LogP contribution >= 0.6 is 23.6 Å². The lowest BCUT2D eigenvalue weighted by molar-refractivity contribution is -0.890. The number of likely N-dealkylation sites (N-methyl/N-ethyl adjacent to an activating group) is 1. The van der Waals surface area contributed by atoms with Gasteiger partial charge in [0, 0.05) is 6.54 Å². The summed E-state index contributed by atoms with van der Waals surface area (Å²) in [5, 5.41) is 9.46. The molecule has 2 rings (SSSR count). The van der Waals surface area contributed by atoms with Crippen LogP contribution in [0.2, 0.25) is 0 Å². The summed E-state index contributed by atoms with van der Waals surface area (Å²) in [6.07, 6.45) is 0.930. The molecule has 1 atom stereocenters. The van der Waals surface area contributed by atoms with Crippen LogP contribution in [0.15, 0.2) is 41.8 Å². The van der Waals surface area contributed by atoms with Gasteiger partial charge in [-0.25, -0.2) is 0 Å². The van der Waals surface area contributed by atoms with E-state index in [9.17, 15) is 0 Å². The number of quaternary nitrogens is 1. The summed E-state index contributed by atoms with van der Waals surface area (Å²) < 4.78 is 5.17. The number of nitrogens with one attached hydrogen (secondary N) is 3. The van der Waals surface area contributed by atoms with Crippen molar-refractivity contribution in [3.8, 4) is 5.75 Å². The van der Waals surface area contributed by atoms with E-state index in [1.807, 2.05) is 12.1 Å². The van der Waals surface area contributed by atoms with Gasteiger partial charge in [-0.2, -0.15) is 0 Å². The molecule has 4 nitrogen and oxygen atoms in total. The number of hydrogen-bond donors (Lipinski definition) is 3. The van der Waals surface area contributed by atoms with Crippen molar-refractivity contribution in [3.63, 3.8) is 0 Å². The van der Waals surface area contributed by atoms with E-state index in [0.29, 0.717) is 11.2 Å². The minimum atomic E-state index is 0.409. The molecular weight excluding hydrogens is 338 g/mol. The fourth-order valence-corrected chi connectivity index (χ4v) is 3.59. The summed E-state index contributed by atoms with van der Waals surface area (Å²) in [4.78, 5) is 2.77. The first kappa shape index (κ1) is 18.7. The zero-order valence-corrected chi connectivity index (χ0v) is 16.1. The quantitative estimate of drug-likeness (QED) is 0.623. The van der Waals surface area contributed by atoms with Gasteiger partial charge >= 0.3 is 0 Å². The Hall–Kier alpha value is -1.63. The maximum atomic E-state index is 5.40. The van der Waals surface area contributed by atoms with Crippen molar-refractivity contribution in [3.05, 3.63) is 52.2 Å². The van der Waals surface area contributed by atoms with Crippen molar-refractivity contribution in [2.24, 2.45) is 0 Å². The molecule has 0 unspecified atom stereocenters. The molecule has 0 saturated heterocycles. The monoisotopic (exact) mass is 364 g/mol. The van der Waals surface area contributed by atoms with E-state index in [1.165, 1.54) is 15.3 Å². The van der Waals surface area contributed by atoms with Gasteiger partial charge in [-0.15, -0.1) is 11.3 Å². The fraction of sp³-hybridized carbons (Fsp3) is 0.389. The van der Waals surface area contributed by atoms with E-state index in [1.54, 1.807) is 18.4 Å². The summed E-state index contributed by atoms with van der Waals surface area (Å²) in [6, 6.07) is 12.8. The largest absolute Gasteiger partial charge is 0.497 e. The summed E-state index contributed by atoms with van der Waals surface area (Å²) in [7, 11) is 6.03. The van der Waals surface area contributed by atoms with Crippen LogP contribution in [0.25, 0.3) is 0 Å². The third-order valence-electron chi connectivity index (χ3n) is 3.91. The Kier molecular flexibility index (Phi) is 7.49. The second kappa shape index (κ2) is 9.61. The average Bonchev–Trinajstić information content (AvgIpc) is 3.09. The molecule has 1 heterocycles. The molecule has 1 aromatic carbocycles. The Morgan fingerprint density at radius 2 is 1.96 bits per heavy atom. The van der Waals surface area contributed by atoms with Crippen LogP contribution < -0.4 is 20.3 Å². The predicted molar refractivity (Wildman–Crippen MR) is 105 cm³/mol. The Balaban J connectivity index is 1.72. The molecule has 1 aromatic heterocycles. The van der Waals surface area contributed by atoms with Gasteiger partial charge in [0.25, 0.3) is 0 Å². The molecular formula is C18H26N3OS2+. The van der Waals surface area contributed by atoms with Crippen LogP contribution in [0.5, 0.6) is 5.75 Å². The van der Waals surface area contributed by atoms with Crippen LogP contribution in [0, 0.1) is 0 Å². The normalized spacial score (nSPS) is 12.0. The van der Waals surface area contributed by atoms with Crippen LogP contribution in [-0.2, 0) is 6.42 Å². The van der Waals surface area contributed by atoms with E-state index in [-0.39, 0.29) is 0 Å². The van der Waals surface area contributed by atoms with E-state index >= 15 is 0 Å². The second-order valence-corrected chi connectivity index (χ2v) is 7.27. The van der Waals surface area contributed by atoms with Crippen LogP contribution in [0.3, 0.4) is 0 Å². The van der Waals surface area contributed by atoms with Crippen molar-refractivity contribution < 1.29 is 9.64 Å². The number of hydrogen-bond acceptors (Lipinski definition) is 3. The zero-order valence-electron chi connectivity index (χ0n) is 14.5. The average molecular weight is 365 g/mol. The molecule has 0 bridgehead atoms. The second-order valence-electron chi connectivity index (χ2n) is 5.88. The van der Waals surface area contributed by atoms with E-state index in [0.717, 1.165) is 25.3 Å². The number of rotatable bonds is 8. The lowest BCUT2D eigenvalue weighted by atomic mass is 10.1. The number of thiocarbonyl (C=S) groups is 1. The minimum Gasteiger partial charge on any atom is -0.497 e. The number of methoxy groups -OCH3 is 1. The first-order valence-corrected chi connectivity index (χ1v) is 9.37. The Bertz CT molecular complexity index is 612. The summed E-state index contributed by atoms with van der Waals surface area (Å²) in [5.41, 5.74) is 1.26. The molecule has 0 aliphatic carbocycles. The summed E-state index contributed by atoms with van der Waals surface area (Å²) in [6.45, 7) is 1.65. The van der Waals surface area contributed by atoms with E-state index < -0.39 is 0 Å². The topological polar surface area (TPSA) is 37.7 Å². The fourth-order valence-electron chi connectivity index (χ4n) is 2.45. The molecule has 6 heteroatoms. The van der Waals surface area contributed by atoms with Crippen molar-refractivity contribution in [1.29, 1.82) is 0 Å². The maximum absolute atomic E-state index is 5.40. The van der Waals surface area contributed by atoms with Gasteiger partial charge in [0.1, 0.15) is 11.8 Å². The highest BCUT2D eigenvalue weighted by Crippen LogP contribution is 2.15. The summed E-state index contributed by atoms with van der Waals surface area (Å²) >= 11 is 7.19. The molecule has 130 valence electrons. The van der Waals surface area contributed by atoms with Gasteiger partial charge in [-0.1, -0.05) is 18.2 Å². The number of ether oxygens (including phenoxy) is 1. The van der Waals surface area contributed by atoms with Crippen molar-refractivity contribution >= 4 is 28.7 Å². The zero-order chi connectivity index (χ0) is 17.4. The molecule has 0 aliphatic rings. The van der Waals surface area contributed by atoms with E-state index in [2.05, 4.69) is 54.4 Å². The molecule has 0 fully saturated rings. The number of thiophene rings is 1. The molecule has 0 saturated carbocycles. The molecule has 24 heavy (non-hydrogen) atoms. The number of benzene rings is 1. The van der Waals surface area contributed by atoms with Crippen LogP contribution in [-0.4, -0.2) is 39.4 Å². The summed E-state index contributed by atoms with van der Waals surface area (Å²) in [5.74, 6) is 0.884. The molecule has 0 radical (unpaired) electrons. The van der Waals surface area contributed by atoms with Gasteiger partial charge in [-0.05, 0) is 47.8 Å². The highest BCUT2D eigenvalue weighted by molar-refractivity contribution is 7.80. The Labute approximate surface area is 153 Å². The molecule has 0 spiro atoms. The molecule has 2 aromatic rings. The Morgan fingerprint density at radius 3 is 2.54 bits per heavy atom. The highest BCUT2D eigenvalue weighted by Gasteiger charge is 2.18. The van der Waals surface area contributed by atoms with E-state index in [4.69, 9.17) is 17.0 Å². The predicted octanol–water partition coefficient (Wildman–Crippen LogP) is 1.65. The van der Waals surface area contributed by atoms with Gasteiger partial charge in [0.2, 0.25) is 0 Å². The highest BCUT2D eigenvalue weighted by atomic mass is 32.1. The SMILES string of the molecule is COc1ccc(CCNC(=S)NC[C@H](c2cccs2)[NH+](C)C)cc1. The van der Waals surface area contributed by atoms with Crippen molar-refractivity contribution in [1.82, 2.24) is 10.6 Å². The van der Waals surface area contributed by atoms with Gasteiger partial charge < -0.3 is 20.3 Å². The first-order chi connectivity index (χ1) is 11.6. The Morgan fingerprint density at radius 1 is 1.21 bits per heavy atom. The standard InChI is InChI=1S/C18H25N3OS2/c1-21(2)16(17-5-4-12-24-17)13-20-18(23)19-11-10-14-6-8-15(22-3)9-7-14/h4-9,12,16H,10-11,13H2,1-3H3,(H2,19,20,23)/p+1/t16-/m1/s1. The van der Waals surface area contributed by atoms with Crippen LogP contribution in [0.4, 0.5) is 0 Å².